The Morgan fingerprint density at radius 1 is 0.846 bits per heavy atom. The van der Waals surface area contributed by atoms with Crippen LogP contribution in [0.4, 0.5) is 0 Å². The molecule has 0 aromatic heterocycles. The van der Waals surface area contributed by atoms with Crippen LogP contribution in [0, 0.1) is 12.8 Å². The molecule has 0 amide bonds. The molecule has 0 nitrogen and oxygen atoms in total. The second-order valence-corrected chi connectivity index (χ2v) is 27.2. The average Bonchev–Trinajstić information content (AvgIpc) is 3.52. The monoisotopic (exact) mass is 644 g/mol. The predicted molar refractivity (Wildman–Crippen MR) is 172 cm³/mol. The molecule has 1 heterocycles. The quantitative estimate of drug-likeness (QED) is 0.157. The van der Waals surface area contributed by atoms with E-state index in [2.05, 4.69) is 113 Å². The minimum absolute atomic E-state index is 0.121. The molecule has 39 heavy (non-hydrogen) atoms. The van der Waals surface area contributed by atoms with E-state index in [9.17, 15) is 0 Å². The van der Waals surface area contributed by atoms with Gasteiger partial charge in [-0.25, -0.2) is 0 Å². The van der Waals surface area contributed by atoms with Gasteiger partial charge < -0.3 is 0 Å². The second-order valence-electron chi connectivity index (χ2n) is 11.3. The van der Waals surface area contributed by atoms with Crippen molar-refractivity contribution in [1.82, 2.24) is 0 Å². The molecule has 1 aliphatic carbocycles. The molecule has 1 aliphatic heterocycles. The maximum atomic E-state index is 7.91. The van der Waals surface area contributed by atoms with Crippen molar-refractivity contribution in [2.24, 2.45) is 5.92 Å². The zero-order valence-electron chi connectivity index (χ0n) is 23.3. The number of rotatable bonds is 7. The molecule has 0 saturated carbocycles. The molecule has 4 aromatic carbocycles. The first-order valence-electron chi connectivity index (χ1n) is 14.4. The van der Waals surface area contributed by atoms with Crippen molar-refractivity contribution >= 4 is 46.3 Å². The summed E-state index contributed by atoms with van der Waals surface area (Å²) in [7, 11) is 15.2. The van der Waals surface area contributed by atoms with E-state index in [4.69, 9.17) is 17.0 Å². The van der Waals surface area contributed by atoms with E-state index >= 15 is 0 Å². The molecule has 2 atom stereocenters. The Kier molecular flexibility index (Phi) is 7.71. The van der Waals surface area contributed by atoms with Gasteiger partial charge in [-0.1, -0.05) is 0 Å². The number of allylic oxidation sites excluding steroid dienone is 1. The zero-order valence-corrected chi connectivity index (χ0v) is 28.7. The van der Waals surface area contributed by atoms with E-state index in [-0.39, 0.29) is 3.63 Å². The van der Waals surface area contributed by atoms with E-state index in [1.165, 1.54) is 63.7 Å². The third kappa shape index (κ3) is 4.61. The van der Waals surface area contributed by atoms with E-state index in [0.29, 0.717) is 5.92 Å². The van der Waals surface area contributed by atoms with Crippen molar-refractivity contribution in [3.63, 3.8) is 0 Å². The van der Waals surface area contributed by atoms with Crippen LogP contribution in [0.3, 0.4) is 0 Å². The minimum atomic E-state index is -3.99. The van der Waals surface area contributed by atoms with Gasteiger partial charge in [-0.05, 0) is 0 Å². The summed E-state index contributed by atoms with van der Waals surface area (Å²) in [6.45, 7) is 9.16. The molecule has 0 bridgehead atoms. The van der Waals surface area contributed by atoms with Gasteiger partial charge >= 0.3 is 250 Å². The van der Waals surface area contributed by atoms with Crippen LogP contribution in [0.15, 0.2) is 84.4 Å². The summed E-state index contributed by atoms with van der Waals surface area (Å²) < 4.78 is 1.44. The molecule has 4 aromatic rings. The van der Waals surface area contributed by atoms with E-state index in [1.807, 2.05) is 0 Å². The van der Waals surface area contributed by atoms with Crippen molar-refractivity contribution in [3.8, 4) is 22.3 Å². The van der Waals surface area contributed by atoms with E-state index in [1.54, 1.807) is 0 Å². The fourth-order valence-electron chi connectivity index (χ4n) is 6.86. The third-order valence-electron chi connectivity index (χ3n) is 9.01. The van der Waals surface area contributed by atoms with Crippen molar-refractivity contribution in [3.05, 3.63) is 107 Å². The molecule has 0 spiro atoms. The first kappa shape index (κ1) is 27.5. The van der Waals surface area contributed by atoms with Crippen molar-refractivity contribution < 1.29 is 17.9 Å². The predicted octanol–water partition coefficient (Wildman–Crippen LogP) is 7.99. The van der Waals surface area contributed by atoms with Gasteiger partial charge in [-0.15, -0.1) is 0 Å². The van der Waals surface area contributed by atoms with Gasteiger partial charge in [0.25, 0.3) is 0 Å². The van der Waals surface area contributed by atoms with Crippen LogP contribution in [0.25, 0.3) is 28.3 Å². The number of hydrogen-bond donors (Lipinski definition) is 0. The Morgan fingerprint density at radius 2 is 1.56 bits per heavy atom. The van der Waals surface area contributed by atoms with Crippen LogP contribution < -0.4 is 13.6 Å². The van der Waals surface area contributed by atoms with Crippen molar-refractivity contribution in [2.75, 3.05) is 0 Å². The Hall–Kier alpha value is -1.70. The van der Waals surface area contributed by atoms with Crippen LogP contribution in [-0.4, -0.2) is 9.52 Å². The Morgan fingerprint density at radius 3 is 2.31 bits per heavy atom. The van der Waals surface area contributed by atoms with Crippen LogP contribution in [0.5, 0.6) is 0 Å². The first-order valence-corrected chi connectivity index (χ1v) is 24.8. The molecule has 2 unspecified atom stereocenters. The van der Waals surface area contributed by atoms with Gasteiger partial charge in [0.05, 0.1) is 0 Å². The fraction of sp³-hybridized carbons (Fsp3) is 0.257. The van der Waals surface area contributed by atoms with E-state index < -0.39 is 27.4 Å². The first-order chi connectivity index (χ1) is 18.9. The Labute approximate surface area is 247 Å². The summed E-state index contributed by atoms with van der Waals surface area (Å²) in [4.78, 5) is 0. The molecular weight excluding hydrogens is 611 g/mol. The zero-order chi connectivity index (χ0) is 27.3. The summed E-state index contributed by atoms with van der Waals surface area (Å²) >= 11 is -3.99. The number of benzene rings is 4. The summed E-state index contributed by atoms with van der Waals surface area (Å²) in [6, 6.07) is 29.3. The molecule has 0 radical (unpaired) electrons. The van der Waals surface area contributed by atoms with Gasteiger partial charge in [0.15, 0.2) is 0 Å². The summed E-state index contributed by atoms with van der Waals surface area (Å²) in [5.74, 6) is 0.432. The Balaban J connectivity index is 1.57. The summed E-state index contributed by atoms with van der Waals surface area (Å²) in [6.07, 6.45) is 5.78. The normalized spacial score (nSPS) is 17.1. The average molecular weight is 647 g/mol. The standard InChI is InChI=1S/C23H27.C12H9Si.2ClH.Zr/c1-5-9-18-12-13-19-14-20(16(3)6-2)15-22(19)23(18)21-11-8-7-10-17(21)4;1-3-7-11-9(5-1)10-6-2-4-8-12(10)13-11;;;/h7-8,10-16H,5-6,9H2,1-4H3;1-7H,13H2;2*1H;/q;;;;+2/p-2. The molecule has 198 valence electrons. The topological polar surface area (TPSA) is 0 Å². The molecule has 6 rings (SSSR count). The molecule has 0 saturated heterocycles. The van der Waals surface area contributed by atoms with Gasteiger partial charge in [0.1, 0.15) is 0 Å². The van der Waals surface area contributed by atoms with Crippen molar-refractivity contribution in [2.45, 2.75) is 50.6 Å². The van der Waals surface area contributed by atoms with Gasteiger partial charge in [-0.3, -0.25) is 0 Å². The maximum absolute atomic E-state index is 7.91. The van der Waals surface area contributed by atoms with Crippen LogP contribution in [-0.2, 0) is 24.3 Å². The van der Waals surface area contributed by atoms with Gasteiger partial charge in [0.2, 0.25) is 0 Å². The van der Waals surface area contributed by atoms with E-state index in [0.717, 1.165) is 19.3 Å². The summed E-state index contributed by atoms with van der Waals surface area (Å²) in [5.41, 5.74) is 12.4. The number of aryl methyl sites for hydroxylation is 2. The summed E-state index contributed by atoms with van der Waals surface area (Å²) in [5, 5.41) is 3.02. The molecule has 4 heteroatoms. The molecule has 0 N–H and O–H groups in total. The second kappa shape index (κ2) is 10.9. The number of halogens is 2. The Bertz CT molecular complexity index is 1600. The van der Waals surface area contributed by atoms with Gasteiger partial charge in [0, 0.05) is 0 Å². The SMILES string of the molecule is CCCc1ccc2c(c1-c1ccccc1C)C=C(C(C)CC)[CH]2[Zr]([Cl])([Cl])[c]1cccc2c1[SiH2]c1ccccc1-2. The molecule has 2 aliphatic rings. The van der Waals surface area contributed by atoms with Gasteiger partial charge in [-0.2, -0.15) is 0 Å². The van der Waals surface area contributed by atoms with Crippen LogP contribution in [0.2, 0.25) is 0 Å². The number of fused-ring (bicyclic) bond motifs is 4. The van der Waals surface area contributed by atoms with Crippen LogP contribution in [0.1, 0.15) is 59.5 Å². The number of hydrogen-bond acceptors (Lipinski definition) is 0. The van der Waals surface area contributed by atoms with Crippen molar-refractivity contribution in [1.29, 1.82) is 0 Å². The van der Waals surface area contributed by atoms with Crippen LogP contribution >= 0.6 is 17.0 Å². The third-order valence-corrected chi connectivity index (χ3v) is 23.3. The molecule has 0 fully saturated rings. The fourth-order valence-corrected chi connectivity index (χ4v) is 23.8. The molecular formula is C35H36Cl2SiZr.